The van der Waals surface area contributed by atoms with Crippen LogP contribution in [0.4, 0.5) is 15.8 Å². The summed E-state index contributed by atoms with van der Waals surface area (Å²) in [7, 11) is 0. The highest BCUT2D eigenvalue weighted by Crippen LogP contribution is 2.17. The summed E-state index contributed by atoms with van der Waals surface area (Å²) in [5.74, 6) is -1.62. The number of nitrogens with zero attached hydrogens (tertiary/aromatic N) is 1. The van der Waals surface area contributed by atoms with E-state index in [-0.39, 0.29) is 19.1 Å². The molecule has 0 fully saturated rings. The molecule has 0 atom stereocenters. The number of rotatable bonds is 6. The zero-order valence-electron chi connectivity index (χ0n) is 14.5. The van der Waals surface area contributed by atoms with Crippen molar-refractivity contribution in [2.24, 2.45) is 0 Å². The molecule has 2 aromatic rings. The Bertz CT molecular complexity index is 788. The standard InChI is InChI=1S/C19H19FN2O4/c1-3-26-19(25)14-4-10-17(11-5-14)22(13(2)23)12-18(24)21-16-8-6-15(20)7-9-16/h4-11H,3,12H2,1-2H3,(H,21,24). The molecule has 7 heteroatoms. The quantitative estimate of drug-likeness (QED) is 0.806. The molecule has 2 aromatic carbocycles. The van der Waals surface area contributed by atoms with Crippen molar-refractivity contribution in [1.82, 2.24) is 0 Å². The van der Waals surface area contributed by atoms with E-state index >= 15 is 0 Å². The number of esters is 1. The molecule has 6 nitrogen and oxygen atoms in total. The van der Waals surface area contributed by atoms with E-state index in [0.29, 0.717) is 16.9 Å². The summed E-state index contributed by atoms with van der Waals surface area (Å²) >= 11 is 0. The van der Waals surface area contributed by atoms with Gasteiger partial charge in [0.2, 0.25) is 11.8 Å². The van der Waals surface area contributed by atoms with Crippen LogP contribution in [-0.4, -0.2) is 30.9 Å². The van der Waals surface area contributed by atoms with Crippen LogP contribution in [0.3, 0.4) is 0 Å². The number of benzene rings is 2. The normalized spacial score (nSPS) is 10.1. The number of halogens is 1. The third kappa shape index (κ3) is 5.14. The first-order valence-corrected chi connectivity index (χ1v) is 8.01. The van der Waals surface area contributed by atoms with Crippen molar-refractivity contribution in [3.05, 3.63) is 59.9 Å². The number of nitrogens with one attached hydrogen (secondary N) is 1. The van der Waals surface area contributed by atoms with Crippen molar-refractivity contribution < 1.29 is 23.5 Å². The lowest BCUT2D eigenvalue weighted by Crippen LogP contribution is -2.36. The van der Waals surface area contributed by atoms with E-state index in [9.17, 15) is 18.8 Å². The molecule has 0 heterocycles. The topological polar surface area (TPSA) is 75.7 Å². The van der Waals surface area contributed by atoms with Gasteiger partial charge in [0.25, 0.3) is 0 Å². The molecule has 0 unspecified atom stereocenters. The lowest BCUT2D eigenvalue weighted by atomic mass is 10.2. The average molecular weight is 358 g/mol. The van der Waals surface area contributed by atoms with Gasteiger partial charge in [-0.3, -0.25) is 9.59 Å². The van der Waals surface area contributed by atoms with Gasteiger partial charge in [-0.05, 0) is 55.5 Å². The Morgan fingerprint density at radius 1 is 1.04 bits per heavy atom. The smallest absolute Gasteiger partial charge is 0.338 e. The summed E-state index contributed by atoms with van der Waals surface area (Å²) in [5.41, 5.74) is 1.26. The third-order valence-corrected chi connectivity index (χ3v) is 3.50. The highest BCUT2D eigenvalue weighted by Gasteiger charge is 2.17. The lowest BCUT2D eigenvalue weighted by molar-refractivity contribution is -0.120. The Morgan fingerprint density at radius 2 is 1.65 bits per heavy atom. The van der Waals surface area contributed by atoms with Crippen LogP contribution in [0, 0.1) is 5.82 Å². The summed E-state index contributed by atoms with van der Waals surface area (Å²) in [4.78, 5) is 37.0. The summed E-state index contributed by atoms with van der Waals surface area (Å²) in [6, 6.07) is 11.5. The van der Waals surface area contributed by atoms with Gasteiger partial charge in [0.15, 0.2) is 0 Å². The monoisotopic (exact) mass is 358 g/mol. The molecule has 0 bridgehead atoms. The molecular formula is C19H19FN2O4. The second-order valence-corrected chi connectivity index (χ2v) is 5.43. The SMILES string of the molecule is CCOC(=O)c1ccc(N(CC(=O)Nc2ccc(F)cc2)C(C)=O)cc1. The van der Waals surface area contributed by atoms with E-state index < -0.39 is 17.7 Å². The first-order valence-electron chi connectivity index (χ1n) is 8.01. The molecule has 26 heavy (non-hydrogen) atoms. The van der Waals surface area contributed by atoms with Crippen LogP contribution in [0.5, 0.6) is 0 Å². The van der Waals surface area contributed by atoms with Crippen molar-refractivity contribution in [2.75, 3.05) is 23.4 Å². The number of ether oxygens (including phenoxy) is 1. The van der Waals surface area contributed by atoms with Crippen LogP contribution in [0.1, 0.15) is 24.2 Å². The summed E-state index contributed by atoms with van der Waals surface area (Å²) in [5, 5.41) is 2.60. The Kier molecular flexibility index (Phi) is 6.43. The van der Waals surface area contributed by atoms with Crippen LogP contribution in [0.15, 0.2) is 48.5 Å². The van der Waals surface area contributed by atoms with E-state index in [1.807, 2.05) is 0 Å². The molecule has 2 amide bonds. The van der Waals surface area contributed by atoms with Crippen molar-refractivity contribution >= 4 is 29.2 Å². The van der Waals surface area contributed by atoms with Gasteiger partial charge in [0.05, 0.1) is 12.2 Å². The van der Waals surface area contributed by atoms with Crippen molar-refractivity contribution in [3.8, 4) is 0 Å². The maximum atomic E-state index is 12.9. The van der Waals surface area contributed by atoms with Crippen molar-refractivity contribution in [3.63, 3.8) is 0 Å². The predicted octanol–water partition coefficient (Wildman–Crippen LogP) is 2.99. The molecule has 0 aliphatic carbocycles. The summed E-state index contributed by atoms with van der Waals surface area (Å²) in [6.45, 7) is 3.10. The van der Waals surface area contributed by atoms with Gasteiger partial charge >= 0.3 is 5.97 Å². The maximum Gasteiger partial charge on any atom is 0.338 e. The number of hydrogen-bond acceptors (Lipinski definition) is 4. The summed E-state index contributed by atoms with van der Waals surface area (Å²) < 4.78 is 17.8. The fourth-order valence-electron chi connectivity index (χ4n) is 2.25. The van der Waals surface area contributed by atoms with Gasteiger partial charge in [0.1, 0.15) is 12.4 Å². The second-order valence-electron chi connectivity index (χ2n) is 5.43. The molecule has 0 saturated carbocycles. The van der Waals surface area contributed by atoms with Gasteiger partial charge in [-0.15, -0.1) is 0 Å². The molecule has 0 spiro atoms. The number of amides is 2. The fourth-order valence-corrected chi connectivity index (χ4v) is 2.25. The first kappa shape index (κ1) is 19.1. The lowest BCUT2D eigenvalue weighted by Gasteiger charge is -2.21. The zero-order valence-corrected chi connectivity index (χ0v) is 14.5. The molecule has 0 radical (unpaired) electrons. The Balaban J connectivity index is 2.08. The van der Waals surface area contributed by atoms with Gasteiger partial charge < -0.3 is 15.0 Å². The second kappa shape index (κ2) is 8.75. The van der Waals surface area contributed by atoms with Crippen LogP contribution in [-0.2, 0) is 14.3 Å². The Morgan fingerprint density at radius 3 is 2.19 bits per heavy atom. The van der Waals surface area contributed by atoms with Gasteiger partial charge in [0, 0.05) is 18.3 Å². The molecule has 1 N–H and O–H groups in total. The minimum atomic E-state index is -0.456. The highest BCUT2D eigenvalue weighted by atomic mass is 19.1. The van der Waals surface area contributed by atoms with Crippen LogP contribution < -0.4 is 10.2 Å². The maximum absolute atomic E-state index is 12.9. The third-order valence-electron chi connectivity index (χ3n) is 3.50. The largest absolute Gasteiger partial charge is 0.462 e. The molecular weight excluding hydrogens is 339 g/mol. The van der Waals surface area contributed by atoms with Gasteiger partial charge in [-0.2, -0.15) is 0 Å². The molecule has 2 rings (SSSR count). The van der Waals surface area contributed by atoms with E-state index in [2.05, 4.69) is 5.32 Å². The number of carbonyl (C=O) groups excluding carboxylic acids is 3. The van der Waals surface area contributed by atoms with E-state index in [1.165, 1.54) is 48.2 Å². The first-order chi connectivity index (χ1) is 12.4. The van der Waals surface area contributed by atoms with Crippen LogP contribution >= 0.6 is 0 Å². The van der Waals surface area contributed by atoms with E-state index in [0.717, 1.165) is 0 Å². The molecule has 0 aromatic heterocycles. The van der Waals surface area contributed by atoms with Gasteiger partial charge in [-0.25, -0.2) is 9.18 Å². The molecule has 0 aliphatic heterocycles. The molecule has 136 valence electrons. The number of hydrogen-bond donors (Lipinski definition) is 1. The number of anilines is 2. The summed E-state index contributed by atoms with van der Waals surface area (Å²) in [6.07, 6.45) is 0. The van der Waals surface area contributed by atoms with Crippen LogP contribution in [0.2, 0.25) is 0 Å². The minimum absolute atomic E-state index is 0.217. The average Bonchev–Trinajstić information content (AvgIpc) is 2.62. The zero-order chi connectivity index (χ0) is 19.1. The van der Waals surface area contributed by atoms with E-state index in [1.54, 1.807) is 19.1 Å². The van der Waals surface area contributed by atoms with Gasteiger partial charge in [-0.1, -0.05) is 0 Å². The van der Waals surface area contributed by atoms with Crippen molar-refractivity contribution in [2.45, 2.75) is 13.8 Å². The predicted molar refractivity (Wildman–Crippen MR) is 95.5 cm³/mol. The minimum Gasteiger partial charge on any atom is -0.462 e. The number of carbonyl (C=O) groups is 3. The highest BCUT2D eigenvalue weighted by molar-refractivity contribution is 6.02. The van der Waals surface area contributed by atoms with E-state index in [4.69, 9.17) is 4.74 Å². The van der Waals surface area contributed by atoms with Crippen LogP contribution in [0.25, 0.3) is 0 Å². The Hall–Kier alpha value is -3.22. The molecule has 0 saturated heterocycles. The van der Waals surface area contributed by atoms with Crippen molar-refractivity contribution in [1.29, 1.82) is 0 Å². The molecule has 0 aliphatic rings. The fraction of sp³-hybridized carbons (Fsp3) is 0.211. The Labute approximate surface area is 150 Å².